The minimum Gasteiger partial charge on any atom is -0.494 e. The van der Waals surface area contributed by atoms with Gasteiger partial charge in [0.05, 0.1) is 22.2 Å². The highest BCUT2D eigenvalue weighted by atomic mass is 79.9. The number of hydrazone groups is 1. The van der Waals surface area contributed by atoms with E-state index in [1.165, 1.54) is 12.3 Å². The van der Waals surface area contributed by atoms with Gasteiger partial charge in [0.2, 0.25) is 5.91 Å². The van der Waals surface area contributed by atoms with Gasteiger partial charge in [-0.15, -0.1) is 0 Å². The number of nitro groups is 1. The van der Waals surface area contributed by atoms with Gasteiger partial charge in [0.15, 0.2) is 0 Å². The van der Waals surface area contributed by atoms with E-state index in [4.69, 9.17) is 4.74 Å². The van der Waals surface area contributed by atoms with Crippen LogP contribution in [0.3, 0.4) is 0 Å². The number of amides is 1. The van der Waals surface area contributed by atoms with Crippen LogP contribution in [0, 0.1) is 10.1 Å². The van der Waals surface area contributed by atoms with E-state index in [1.54, 1.807) is 12.1 Å². The Hall–Kier alpha value is -2.74. The molecule has 1 N–H and O–H groups in total. The normalized spacial score (nSPS) is 10.7. The van der Waals surface area contributed by atoms with Gasteiger partial charge in [-0.05, 0) is 59.5 Å². The Labute approximate surface area is 165 Å². The third-order valence-corrected chi connectivity index (χ3v) is 4.34. The van der Waals surface area contributed by atoms with Crippen LogP contribution in [0.1, 0.15) is 30.9 Å². The molecule has 142 valence electrons. The summed E-state index contributed by atoms with van der Waals surface area (Å²) < 4.78 is 5.78. The van der Waals surface area contributed by atoms with E-state index < -0.39 is 4.92 Å². The lowest BCUT2D eigenvalue weighted by Crippen LogP contribution is -2.17. The molecule has 0 aromatic heterocycles. The van der Waals surface area contributed by atoms with Gasteiger partial charge in [0.25, 0.3) is 5.69 Å². The van der Waals surface area contributed by atoms with Crippen LogP contribution in [0.25, 0.3) is 0 Å². The Kier molecular flexibility index (Phi) is 7.94. The quantitative estimate of drug-likeness (QED) is 0.363. The van der Waals surface area contributed by atoms with Crippen LogP contribution >= 0.6 is 15.9 Å². The van der Waals surface area contributed by atoms with Crippen LogP contribution in [0.2, 0.25) is 0 Å². The number of rotatable bonds is 9. The van der Waals surface area contributed by atoms with Crippen LogP contribution in [-0.2, 0) is 11.2 Å². The first-order valence-electron chi connectivity index (χ1n) is 8.47. The number of hydrogen-bond donors (Lipinski definition) is 1. The summed E-state index contributed by atoms with van der Waals surface area (Å²) in [6, 6.07) is 12.4. The number of carbonyl (C=O) groups is 1. The maximum Gasteiger partial charge on any atom is 0.284 e. The summed E-state index contributed by atoms with van der Waals surface area (Å²) in [4.78, 5) is 22.2. The summed E-state index contributed by atoms with van der Waals surface area (Å²) >= 11 is 3.12. The number of hydrogen-bond acceptors (Lipinski definition) is 5. The Morgan fingerprint density at radius 3 is 2.70 bits per heavy atom. The molecule has 0 radical (unpaired) electrons. The van der Waals surface area contributed by atoms with E-state index in [0.717, 1.165) is 17.7 Å². The van der Waals surface area contributed by atoms with Gasteiger partial charge >= 0.3 is 0 Å². The summed E-state index contributed by atoms with van der Waals surface area (Å²) in [5.74, 6) is 0.630. The molecule has 0 aliphatic rings. The SMILES string of the molecule is CCOc1ccc(CCCC(=O)NN=Cc2ccc(Br)c([N+](=O)[O-])c2)cc1. The maximum absolute atomic E-state index is 11.8. The van der Waals surface area contributed by atoms with Crippen LogP contribution in [0.4, 0.5) is 5.69 Å². The Balaban J connectivity index is 1.76. The zero-order chi connectivity index (χ0) is 19.6. The average Bonchev–Trinajstić information content (AvgIpc) is 2.64. The molecule has 0 saturated heterocycles. The van der Waals surface area contributed by atoms with Crippen LogP contribution in [0.15, 0.2) is 52.0 Å². The molecule has 7 nitrogen and oxygen atoms in total. The first-order valence-corrected chi connectivity index (χ1v) is 9.26. The van der Waals surface area contributed by atoms with Crippen LogP contribution in [0.5, 0.6) is 5.75 Å². The standard InChI is InChI=1S/C19H20BrN3O4/c1-2-27-16-9-6-14(7-10-16)4-3-5-19(24)22-21-13-15-8-11-17(20)18(12-15)23(25)26/h6-13H,2-5H2,1H3,(H,22,24). The maximum atomic E-state index is 11.8. The molecule has 0 fully saturated rings. The summed E-state index contributed by atoms with van der Waals surface area (Å²) in [5, 5.41) is 14.7. The Morgan fingerprint density at radius 1 is 1.30 bits per heavy atom. The van der Waals surface area contributed by atoms with Gasteiger partial charge in [0.1, 0.15) is 5.75 Å². The van der Waals surface area contributed by atoms with Gasteiger partial charge in [-0.2, -0.15) is 5.10 Å². The minimum absolute atomic E-state index is 0.0550. The van der Waals surface area contributed by atoms with E-state index in [9.17, 15) is 14.9 Å². The fraction of sp³-hybridized carbons (Fsp3) is 0.263. The van der Waals surface area contributed by atoms with Crippen molar-refractivity contribution < 1.29 is 14.5 Å². The average molecular weight is 434 g/mol. The fourth-order valence-corrected chi connectivity index (χ4v) is 2.75. The summed E-state index contributed by atoms with van der Waals surface area (Å²) in [6.45, 7) is 2.57. The van der Waals surface area contributed by atoms with Crippen molar-refractivity contribution in [3.63, 3.8) is 0 Å². The first-order chi connectivity index (χ1) is 13.0. The van der Waals surface area contributed by atoms with Crippen LogP contribution < -0.4 is 10.2 Å². The molecule has 0 aliphatic heterocycles. The summed E-state index contributed by atoms with van der Waals surface area (Å²) in [7, 11) is 0. The van der Waals surface area contributed by atoms with Crippen molar-refractivity contribution in [2.45, 2.75) is 26.2 Å². The van der Waals surface area contributed by atoms with Crippen molar-refractivity contribution in [3.05, 3.63) is 68.2 Å². The number of nitrogens with one attached hydrogen (secondary N) is 1. The van der Waals surface area contributed by atoms with Crippen molar-refractivity contribution in [1.82, 2.24) is 5.43 Å². The molecule has 2 aromatic carbocycles. The number of ether oxygens (including phenoxy) is 1. The highest BCUT2D eigenvalue weighted by Crippen LogP contribution is 2.24. The first kappa shape index (κ1) is 20.6. The molecule has 0 bridgehead atoms. The molecule has 27 heavy (non-hydrogen) atoms. The molecule has 0 spiro atoms. The second-order valence-electron chi connectivity index (χ2n) is 5.69. The molecular weight excluding hydrogens is 414 g/mol. The lowest BCUT2D eigenvalue weighted by Gasteiger charge is -2.05. The Bertz CT molecular complexity index is 822. The number of benzene rings is 2. The smallest absolute Gasteiger partial charge is 0.284 e. The zero-order valence-electron chi connectivity index (χ0n) is 14.9. The second-order valence-corrected chi connectivity index (χ2v) is 6.55. The predicted octanol–water partition coefficient (Wildman–Crippen LogP) is 4.23. The third kappa shape index (κ3) is 6.82. The molecule has 0 saturated carbocycles. The van der Waals surface area contributed by atoms with E-state index >= 15 is 0 Å². The number of halogens is 1. The van der Waals surface area contributed by atoms with Crippen molar-refractivity contribution in [1.29, 1.82) is 0 Å². The topological polar surface area (TPSA) is 93.8 Å². The van der Waals surface area contributed by atoms with Gasteiger partial charge in [-0.1, -0.05) is 18.2 Å². The predicted molar refractivity (Wildman–Crippen MR) is 107 cm³/mol. The molecule has 0 unspecified atom stereocenters. The van der Waals surface area contributed by atoms with Crippen molar-refractivity contribution >= 4 is 33.7 Å². The number of nitro benzene ring substituents is 1. The molecule has 8 heteroatoms. The van der Waals surface area contributed by atoms with E-state index in [1.807, 2.05) is 31.2 Å². The van der Waals surface area contributed by atoms with Crippen molar-refractivity contribution in [2.24, 2.45) is 5.10 Å². The van der Waals surface area contributed by atoms with Crippen molar-refractivity contribution in [2.75, 3.05) is 6.61 Å². The van der Waals surface area contributed by atoms with Crippen LogP contribution in [-0.4, -0.2) is 23.7 Å². The summed E-state index contributed by atoms with van der Waals surface area (Å²) in [5.41, 5.74) is 4.04. The van der Waals surface area contributed by atoms with Gasteiger partial charge in [-0.25, -0.2) is 5.43 Å². The molecule has 0 heterocycles. The third-order valence-electron chi connectivity index (χ3n) is 3.67. The van der Waals surface area contributed by atoms with E-state index in [-0.39, 0.29) is 11.6 Å². The van der Waals surface area contributed by atoms with E-state index in [0.29, 0.717) is 29.5 Å². The fourth-order valence-electron chi connectivity index (χ4n) is 2.36. The lowest BCUT2D eigenvalue weighted by molar-refractivity contribution is -0.385. The number of nitrogens with zero attached hydrogens (tertiary/aromatic N) is 2. The summed E-state index contributed by atoms with van der Waals surface area (Å²) in [6.07, 6.45) is 3.19. The molecule has 2 aromatic rings. The van der Waals surface area contributed by atoms with Gasteiger partial charge < -0.3 is 4.74 Å². The van der Waals surface area contributed by atoms with Crippen molar-refractivity contribution in [3.8, 4) is 5.75 Å². The van der Waals surface area contributed by atoms with Gasteiger partial charge in [-0.3, -0.25) is 14.9 Å². The lowest BCUT2D eigenvalue weighted by atomic mass is 10.1. The monoisotopic (exact) mass is 433 g/mol. The number of aryl methyl sites for hydroxylation is 1. The van der Waals surface area contributed by atoms with E-state index in [2.05, 4.69) is 26.5 Å². The minimum atomic E-state index is -0.485. The molecular formula is C19H20BrN3O4. The molecule has 0 aliphatic carbocycles. The number of carbonyl (C=O) groups excluding carboxylic acids is 1. The highest BCUT2D eigenvalue weighted by Gasteiger charge is 2.11. The van der Waals surface area contributed by atoms with Gasteiger partial charge in [0, 0.05) is 18.1 Å². The largest absolute Gasteiger partial charge is 0.494 e. The Morgan fingerprint density at radius 2 is 2.04 bits per heavy atom. The molecule has 2 rings (SSSR count). The zero-order valence-corrected chi connectivity index (χ0v) is 16.4. The highest BCUT2D eigenvalue weighted by molar-refractivity contribution is 9.10. The molecule has 0 atom stereocenters. The second kappa shape index (κ2) is 10.4. The molecule has 1 amide bonds.